The fourth-order valence-corrected chi connectivity index (χ4v) is 3.63. The van der Waals surface area contributed by atoms with E-state index < -0.39 is 11.9 Å². The molecule has 0 aromatic rings. The van der Waals surface area contributed by atoms with Crippen molar-refractivity contribution >= 4 is 12.0 Å². The smallest absolute Gasteiger partial charge is 0.317 e. The highest BCUT2D eigenvalue weighted by Crippen LogP contribution is 2.28. The standard InChI is InChI=1S/C16H28N2O3/c1-2-4-12-6-8-14(9-7-12)17-16(21)18-10-3-5-13(11-18)15(19)20/h12-14H,2-11H2,1H3,(H,17,21)(H,19,20)/t12?,13-,14?/m0/s1. The van der Waals surface area contributed by atoms with Crippen LogP contribution in [0.2, 0.25) is 0 Å². The predicted molar refractivity (Wildman–Crippen MR) is 81.1 cm³/mol. The highest BCUT2D eigenvalue weighted by atomic mass is 16.4. The van der Waals surface area contributed by atoms with Crippen LogP contribution >= 0.6 is 0 Å². The fraction of sp³-hybridized carbons (Fsp3) is 0.875. The third-order valence-electron chi connectivity index (χ3n) is 4.93. The van der Waals surface area contributed by atoms with Gasteiger partial charge in [-0.3, -0.25) is 4.79 Å². The zero-order valence-corrected chi connectivity index (χ0v) is 13.0. The molecule has 5 heteroatoms. The van der Waals surface area contributed by atoms with Crippen molar-refractivity contribution in [1.29, 1.82) is 0 Å². The Morgan fingerprint density at radius 2 is 1.90 bits per heavy atom. The number of carboxylic acid groups (broad SMARTS) is 1. The molecule has 0 aromatic carbocycles. The number of hydrogen-bond donors (Lipinski definition) is 2. The van der Waals surface area contributed by atoms with Gasteiger partial charge in [-0.2, -0.15) is 0 Å². The SMILES string of the molecule is CCCC1CCC(NC(=O)N2CCC[C@H](C(=O)O)C2)CC1. The molecule has 1 aliphatic carbocycles. The van der Waals surface area contributed by atoms with Crippen LogP contribution in [0.1, 0.15) is 58.3 Å². The molecule has 1 heterocycles. The van der Waals surface area contributed by atoms with Crippen LogP contribution in [0.4, 0.5) is 4.79 Å². The van der Waals surface area contributed by atoms with Crippen LogP contribution in [-0.2, 0) is 4.79 Å². The Balaban J connectivity index is 1.75. The molecule has 120 valence electrons. The van der Waals surface area contributed by atoms with E-state index >= 15 is 0 Å². The lowest BCUT2D eigenvalue weighted by Crippen LogP contribution is -2.50. The molecule has 2 aliphatic rings. The lowest BCUT2D eigenvalue weighted by atomic mass is 9.83. The van der Waals surface area contributed by atoms with E-state index in [0.29, 0.717) is 19.5 Å². The molecular weight excluding hydrogens is 268 g/mol. The maximum Gasteiger partial charge on any atom is 0.317 e. The lowest BCUT2D eigenvalue weighted by Gasteiger charge is -2.34. The minimum absolute atomic E-state index is 0.0695. The number of rotatable bonds is 4. The minimum atomic E-state index is -0.785. The van der Waals surface area contributed by atoms with E-state index in [0.717, 1.165) is 25.2 Å². The topological polar surface area (TPSA) is 69.6 Å². The summed E-state index contributed by atoms with van der Waals surface area (Å²) in [5.74, 6) is -0.355. The van der Waals surface area contributed by atoms with Gasteiger partial charge in [0.05, 0.1) is 5.92 Å². The second-order valence-electron chi connectivity index (χ2n) is 6.58. The first-order chi connectivity index (χ1) is 10.1. The Labute approximate surface area is 127 Å². The molecule has 5 nitrogen and oxygen atoms in total. The van der Waals surface area contributed by atoms with E-state index in [2.05, 4.69) is 12.2 Å². The largest absolute Gasteiger partial charge is 0.481 e. The van der Waals surface area contributed by atoms with E-state index in [1.165, 1.54) is 25.7 Å². The fourth-order valence-electron chi connectivity index (χ4n) is 3.63. The summed E-state index contributed by atoms with van der Waals surface area (Å²) in [5, 5.41) is 12.2. The number of urea groups is 1. The molecule has 1 saturated carbocycles. The van der Waals surface area contributed by atoms with Crippen molar-refractivity contribution in [3.05, 3.63) is 0 Å². The lowest BCUT2D eigenvalue weighted by molar-refractivity contribution is -0.143. The van der Waals surface area contributed by atoms with Crippen LogP contribution in [0, 0.1) is 11.8 Å². The zero-order valence-electron chi connectivity index (χ0n) is 13.0. The van der Waals surface area contributed by atoms with Crippen molar-refractivity contribution in [3.63, 3.8) is 0 Å². The molecule has 2 fully saturated rings. The van der Waals surface area contributed by atoms with Crippen LogP contribution in [0.15, 0.2) is 0 Å². The quantitative estimate of drug-likeness (QED) is 0.838. The van der Waals surface area contributed by atoms with Crippen molar-refractivity contribution in [3.8, 4) is 0 Å². The number of hydrogen-bond acceptors (Lipinski definition) is 2. The van der Waals surface area contributed by atoms with Gasteiger partial charge >= 0.3 is 12.0 Å². The molecule has 0 aromatic heterocycles. The molecule has 21 heavy (non-hydrogen) atoms. The molecule has 2 amide bonds. The number of nitrogens with one attached hydrogen (secondary N) is 1. The van der Waals surface area contributed by atoms with Crippen LogP contribution < -0.4 is 5.32 Å². The summed E-state index contributed by atoms with van der Waals surface area (Å²) in [6, 6.07) is 0.204. The van der Waals surface area contributed by atoms with Crippen molar-refractivity contribution in [2.24, 2.45) is 11.8 Å². The van der Waals surface area contributed by atoms with Gasteiger partial charge in [0.25, 0.3) is 0 Å². The molecular formula is C16H28N2O3. The third-order valence-corrected chi connectivity index (χ3v) is 4.93. The van der Waals surface area contributed by atoms with E-state index in [1.807, 2.05) is 0 Å². The number of carbonyl (C=O) groups is 2. The summed E-state index contributed by atoms with van der Waals surface area (Å²) < 4.78 is 0. The highest BCUT2D eigenvalue weighted by Gasteiger charge is 2.29. The monoisotopic (exact) mass is 296 g/mol. The molecule has 1 aliphatic heterocycles. The average molecular weight is 296 g/mol. The van der Waals surface area contributed by atoms with E-state index in [-0.39, 0.29) is 12.1 Å². The van der Waals surface area contributed by atoms with Crippen LogP contribution in [0.25, 0.3) is 0 Å². The Kier molecular flexibility index (Phi) is 5.88. The highest BCUT2D eigenvalue weighted by molar-refractivity contribution is 5.76. The average Bonchev–Trinajstić information content (AvgIpc) is 2.49. The van der Waals surface area contributed by atoms with Crippen molar-refractivity contribution in [2.45, 2.75) is 64.3 Å². The Morgan fingerprint density at radius 1 is 1.19 bits per heavy atom. The van der Waals surface area contributed by atoms with Gasteiger partial charge in [0.2, 0.25) is 0 Å². The van der Waals surface area contributed by atoms with Gasteiger partial charge in [-0.1, -0.05) is 19.8 Å². The molecule has 0 unspecified atom stereocenters. The maximum atomic E-state index is 12.3. The van der Waals surface area contributed by atoms with Gasteiger partial charge in [-0.05, 0) is 44.4 Å². The number of carbonyl (C=O) groups excluding carboxylic acids is 1. The molecule has 0 radical (unpaired) electrons. The van der Waals surface area contributed by atoms with Gasteiger partial charge in [-0.25, -0.2) is 4.79 Å². The molecule has 2 rings (SSSR count). The summed E-state index contributed by atoms with van der Waals surface area (Å²) in [6.45, 7) is 3.26. The van der Waals surface area contributed by atoms with Gasteiger partial charge in [0.15, 0.2) is 0 Å². The second kappa shape index (κ2) is 7.66. The van der Waals surface area contributed by atoms with Gasteiger partial charge in [-0.15, -0.1) is 0 Å². The normalized spacial score (nSPS) is 30.0. The van der Waals surface area contributed by atoms with Gasteiger partial charge in [0.1, 0.15) is 0 Å². The van der Waals surface area contributed by atoms with E-state index in [9.17, 15) is 9.59 Å². The van der Waals surface area contributed by atoms with Crippen LogP contribution in [0.3, 0.4) is 0 Å². The number of aliphatic carboxylic acids is 1. The van der Waals surface area contributed by atoms with E-state index in [4.69, 9.17) is 5.11 Å². The summed E-state index contributed by atoms with van der Waals surface area (Å²) in [5.41, 5.74) is 0. The number of carboxylic acids is 1. The van der Waals surface area contributed by atoms with Crippen molar-refractivity contribution in [1.82, 2.24) is 10.2 Å². The van der Waals surface area contributed by atoms with Gasteiger partial charge < -0.3 is 15.3 Å². The summed E-state index contributed by atoms with van der Waals surface area (Å²) in [6.07, 6.45) is 8.54. The zero-order chi connectivity index (χ0) is 15.2. The number of amides is 2. The third kappa shape index (κ3) is 4.61. The first-order valence-electron chi connectivity index (χ1n) is 8.38. The first kappa shape index (κ1) is 16.1. The molecule has 2 N–H and O–H groups in total. The maximum absolute atomic E-state index is 12.3. The number of piperidine rings is 1. The minimum Gasteiger partial charge on any atom is -0.481 e. The number of nitrogens with zero attached hydrogens (tertiary/aromatic N) is 1. The Bertz CT molecular complexity index is 365. The van der Waals surface area contributed by atoms with Crippen LogP contribution in [-0.4, -0.2) is 41.1 Å². The van der Waals surface area contributed by atoms with E-state index in [1.54, 1.807) is 4.90 Å². The Hall–Kier alpha value is -1.26. The summed E-state index contributed by atoms with van der Waals surface area (Å²) in [7, 11) is 0. The van der Waals surface area contributed by atoms with Crippen molar-refractivity contribution < 1.29 is 14.7 Å². The predicted octanol–water partition coefficient (Wildman–Crippen LogP) is 2.85. The molecule has 0 spiro atoms. The summed E-state index contributed by atoms with van der Waals surface area (Å²) >= 11 is 0. The second-order valence-corrected chi connectivity index (χ2v) is 6.58. The summed E-state index contributed by atoms with van der Waals surface area (Å²) in [4.78, 5) is 25.0. The molecule has 1 atom stereocenters. The van der Waals surface area contributed by atoms with Crippen molar-refractivity contribution in [2.75, 3.05) is 13.1 Å². The van der Waals surface area contributed by atoms with Crippen LogP contribution in [0.5, 0.6) is 0 Å². The van der Waals surface area contributed by atoms with Gasteiger partial charge in [0, 0.05) is 19.1 Å². The Morgan fingerprint density at radius 3 is 2.52 bits per heavy atom. The molecule has 1 saturated heterocycles. The first-order valence-corrected chi connectivity index (χ1v) is 8.38. The molecule has 0 bridgehead atoms. The number of likely N-dealkylation sites (tertiary alicyclic amines) is 1.